The molecule has 2 heterocycles. The lowest BCUT2D eigenvalue weighted by atomic mass is 10.1. The summed E-state index contributed by atoms with van der Waals surface area (Å²) in [6.45, 7) is 3.91. The highest BCUT2D eigenvalue weighted by Gasteiger charge is 2.10. The molecule has 0 radical (unpaired) electrons. The molecule has 0 saturated carbocycles. The number of aryl methyl sites for hydroxylation is 2. The summed E-state index contributed by atoms with van der Waals surface area (Å²) in [6.07, 6.45) is 4.41. The SMILES string of the molecule is Cc1cc(C)cc(Nc2ncc(F)c(-n3ccc(CO)c3)n2)c1. The molecule has 0 amide bonds. The highest BCUT2D eigenvalue weighted by atomic mass is 19.1. The van der Waals surface area contributed by atoms with Gasteiger partial charge in [-0.25, -0.2) is 9.37 Å². The molecule has 0 spiro atoms. The van der Waals surface area contributed by atoms with Crippen molar-refractivity contribution in [3.8, 4) is 5.82 Å². The Morgan fingerprint density at radius 1 is 1.22 bits per heavy atom. The van der Waals surface area contributed by atoms with Crippen molar-refractivity contribution in [2.75, 3.05) is 5.32 Å². The summed E-state index contributed by atoms with van der Waals surface area (Å²) in [5.41, 5.74) is 3.77. The fraction of sp³-hybridized carbons (Fsp3) is 0.176. The molecule has 118 valence electrons. The van der Waals surface area contributed by atoms with E-state index in [1.807, 2.05) is 26.0 Å². The zero-order chi connectivity index (χ0) is 16.4. The highest BCUT2D eigenvalue weighted by molar-refractivity contribution is 5.56. The van der Waals surface area contributed by atoms with E-state index in [9.17, 15) is 4.39 Å². The minimum Gasteiger partial charge on any atom is -0.392 e. The van der Waals surface area contributed by atoms with Crippen LogP contribution in [0.4, 0.5) is 16.0 Å². The minimum absolute atomic E-state index is 0.104. The molecule has 3 rings (SSSR count). The van der Waals surface area contributed by atoms with Crippen molar-refractivity contribution in [3.63, 3.8) is 0 Å². The van der Waals surface area contributed by atoms with Crippen LogP contribution in [0.3, 0.4) is 0 Å². The summed E-state index contributed by atoms with van der Waals surface area (Å²) in [5, 5.41) is 12.2. The van der Waals surface area contributed by atoms with Crippen LogP contribution in [0.15, 0.2) is 42.9 Å². The fourth-order valence-electron chi connectivity index (χ4n) is 2.44. The molecule has 6 heteroatoms. The third kappa shape index (κ3) is 3.37. The first-order valence-electron chi connectivity index (χ1n) is 7.21. The van der Waals surface area contributed by atoms with Crippen LogP contribution in [0, 0.1) is 19.7 Å². The maximum Gasteiger partial charge on any atom is 0.229 e. The van der Waals surface area contributed by atoms with E-state index in [2.05, 4.69) is 21.4 Å². The molecule has 1 aromatic carbocycles. The first-order chi connectivity index (χ1) is 11.0. The van der Waals surface area contributed by atoms with Gasteiger partial charge < -0.3 is 15.0 Å². The standard InChI is InChI=1S/C17H17FN4O/c1-11-5-12(2)7-14(6-11)20-17-19-8-15(18)16(21-17)22-4-3-13(9-22)10-23/h3-9,23H,10H2,1-2H3,(H,19,20,21). The summed E-state index contributed by atoms with van der Waals surface area (Å²) < 4.78 is 15.5. The van der Waals surface area contributed by atoms with Crippen molar-refractivity contribution in [1.29, 1.82) is 0 Å². The quantitative estimate of drug-likeness (QED) is 0.776. The number of aliphatic hydroxyl groups is 1. The summed E-state index contributed by atoms with van der Waals surface area (Å²) >= 11 is 0. The Labute approximate surface area is 133 Å². The number of halogens is 1. The second kappa shape index (κ2) is 6.18. The monoisotopic (exact) mass is 312 g/mol. The molecule has 3 aromatic rings. The molecule has 0 aliphatic carbocycles. The number of benzene rings is 1. The zero-order valence-corrected chi connectivity index (χ0v) is 12.9. The van der Waals surface area contributed by atoms with Gasteiger partial charge >= 0.3 is 0 Å². The van der Waals surface area contributed by atoms with Crippen molar-refractivity contribution >= 4 is 11.6 Å². The van der Waals surface area contributed by atoms with Crippen LogP contribution in [-0.4, -0.2) is 19.6 Å². The van der Waals surface area contributed by atoms with E-state index < -0.39 is 5.82 Å². The number of hydrogen-bond acceptors (Lipinski definition) is 4. The van der Waals surface area contributed by atoms with Gasteiger partial charge in [0.05, 0.1) is 12.8 Å². The smallest absolute Gasteiger partial charge is 0.229 e. The Kier molecular flexibility index (Phi) is 4.08. The third-order valence-electron chi connectivity index (χ3n) is 3.38. The van der Waals surface area contributed by atoms with Crippen molar-refractivity contribution in [1.82, 2.24) is 14.5 Å². The van der Waals surface area contributed by atoms with Crippen LogP contribution in [0.1, 0.15) is 16.7 Å². The predicted molar refractivity (Wildman–Crippen MR) is 86.4 cm³/mol. The largest absolute Gasteiger partial charge is 0.392 e. The van der Waals surface area contributed by atoms with Gasteiger partial charge in [0, 0.05) is 18.1 Å². The van der Waals surface area contributed by atoms with Crippen molar-refractivity contribution in [2.45, 2.75) is 20.5 Å². The molecule has 0 bridgehead atoms. The molecule has 0 fully saturated rings. The van der Waals surface area contributed by atoms with Gasteiger partial charge in [-0.1, -0.05) is 6.07 Å². The van der Waals surface area contributed by atoms with Gasteiger partial charge in [-0.3, -0.25) is 0 Å². The lowest BCUT2D eigenvalue weighted by Crippen LogP contribution is -2.05. The third-order valence-corrected chi connectivity index (χ3v) is 3.38. The van der Waals surface area contributed by atoms with E-state index in [1.54, 1.807) is 18.5 Å². The molecule has 0 saturated heterocycles. The van der Waals surface area contributed by atoms with Crippen LogP contribution in [0.2, 0.25) is 0 Å². The van der Waals surface area contributed by atoms with E-state index in [0.717, 1.165) is 23.0 Å². The predicted octanol–water partition coefficient (Wildman–Crippen LogP) is 3.26. The second-order valence-corrected chi connectivity index (χ2v) is 5.45. The van der Waals surface area contributed by atoms with Crippen LogP contribution >= 0.6 is 0 Å². The molecule has 2 N–H and O–H groups in total. The normalized spacial score (nSPS) is 10.8. The maximum absolute atomic E-state index is 14.0. The van der Waals surface area contributed by atoms with Crippen LogP contribution in [-0.2, 0) is 6.61 Å². The van der Waals surface area contributed by atoms with E-state index >= 15 is 0 Å². The summed E-state index contributed by atoms with van der Waals surface area (Å²) in [6, 6.07) is 7.72. The number of aromatic nitrogens is 3. The van der Waals surface area contributed by atoms with Gasteiger partial charge in [-0.05, 0) is 48.7 Å². The van der Waals surface area contributed by atoms with Gasteiger partial charge in [0.25, 0.3) is 0 Å². The highest BCUT2D eigenvalue weighted by Crippen LogP contribution is 2.19. The van der Waals surface area contributed by atoms with E-state index in [1.165, 1.54) is 4.57 Å². The maximum atomic E-state index is 14.0. The van der Waals surface area contributed by atoms with E-state index in [4.69, 9.17) is 5.11 Å². The summed E-state index contributed by atoms with van der Waals surface area (Å²) in [5.74, 6) is -0.0895. The molecule has 23 heavy (non-hydrogen) atoms. The lowest BCUT2D eigenvalue weighted by Gasteiger charge is -2.09. The van der Waals surface area contributed by atoms with Gasteiger partial charge in [0.1, 0.15) is 0 Å². The average molecular weight is 312 g/mol. The zero-order valence-electron chi connectivity index (χ0n) is 12.9. The molecule has 2 aromatic heterocycles. The molecular weight excluding hydrogens is 295 g/mol. The molecule has 0 aliphatic heterocycles. The van der Waals surface area contributed by atoms with Crippen molar-refractivity contribution in [2.24, 2.45) is 0 Å². The number of aliphatic hydroxyl groups excluding tert-OH is 1. The second-order valence-electron chi connectivity index (χ2n) is 5.45. The average Bonchev–Trinajstić information content (AvgIpc) is 2.97. The van der Waals surface area contributed by atoms with E-state index in [0.29, 0.717) is 11.5 Å². The lowest BCUT2D eigenvalue weighted by molar-refractivity contribution is 0.282. The molecule has 0 aliphatic rings. The van der Waals surface area contributed by atoms with Crippen LogP contribution in [0.5, 0.6) is 0 Å². The number of nitrogens with zero attached hydrogens (tertiary/aromatic N) is 3. The van der Waals surface area contributed by atoms with Crippen molar-refractivity contribution in [3.05, 3.63) is 65.4 Å². The Morgan fingerprint density at radius 3 is 2.61 bits per heavy atom. The topological polar surface area (TPSA) is 63.0 Å². The summed E-state index contributed by atoms with van der Waals surface area (Å²) in [7, 11) is 0. The molecule has 5 nitrogen and oxygen atoms in total. The number of hydrogen-bond donors (Lipinski definition) is 2. The number of anilines is 2. The Morgan fingerprint density at radius 2 is 1.96 bits per heavy atom. The Hall–Kier alpha value is -2.73. The molecule has 0 atom stereocenters. The number of rotatable bonds is 4. The first-order valence-corrected chi connectivity index (χ1v) is 7.21. The van der Waals surface area contributed by atoms with Crippen LogP contribution < -0.4 is 5.32 Å². The van der Waals surface area contributed by atoms with Crippen molar-refractivity contribution < 1.29 is 9.50 Å². The number of nitrogens with one attached hydrogen (secondary N) is 1. The van der Waals surface area contributed by atoms with Gasteiger partial charge in [0.2, 0.25) is 5.95 Å². The van der Waals surface area contributed by atoms with Gasteiger partial charge in [-0.15, -0.1) is 0 Å². The van der Waals surface area contributed by atoms with Gasteiger partial charge in [-0.2, -0.15) is 4.98 Å². The first kappa shape index (κ1) is 15.2. The molecular formula is C17H17FN4O. The van der Waals surface area contributed by atoms with E-state index in [-0.39, 0.29) is 12.4 Å². The fourth-order valence-corrected chi connectivity index (χ4v) is 2.44. The minimum atomic E-state index is -0.531. The molecule has 0 unspecified atom stereocenters. The van der Waals surface area contributed by atoms with Gasteiger partial charge in [0.15, 0.2) is 11.6 Å². The Balaban J connectivity index is 1.93. The van der Waals surface area contributed by atoms with Crippen LogP contribution in [0.25, 0.3) is 5.82 Å². The Bertz CT molecular complexity index is 824. The summed E-state index contributed by atoms with van der Waals surface area (Å²) in [4.78, 5) is 8.21.